The molecule has 0 aliphatic carbocycles. The maximum absolute atomic E-state index is 13.6. The van der Waals surface area contributed by atoms with Crippen LogP contribution < -0.4 is 0 Å². The van der Waals surface area contributed by atoms with Crippen molar-refractivity contribution in [3.8, 4) is 17.1 Å². The molecule has 34 heavy (non-hydrogen) atoms. The Kier molecular flexibility index (Phi) is 7.02. The van der Waals surface area contributed by atoms with Crippen LogP contribution in [-0.2, 0) is 21.4 Å². The van der Waals surface area contributed by atoms with Crippen LogP contribution >= 0.6 is 12.2 Å². The second kappa shape index (κ2) is 9.67. The first-order valence-corrected chi connectivity index (χ1v) is 12.8. The molecule has 0 saturated carbocycles. The zero-order valence-corrected chi connectivity index (χ0v) is 21.2. The fraction of sp³-hybridized carbons (Fsp3) is 0.391. The van der Waals surface area contributed by atoms with Crippen LogP contribution in [0.4, 0.5) is 4.39 Å². The van der Waals surface area contributed by atoms with Crippen molar-refractivity contribution in [3.05, 3.63) is 59.1 Å². The van der Waals surface area contributed by atoms with Crippen LogP contribution in [0.5, 0.6) is 0 Å². The van der Waals surface area contributed by atoms with Crippen molar-refractivity contribution in [3.63, 3.8) is 0 Å². The third-order valence-electron chi connectivity index (χ3n) is 5.62. The highest BCUT2D eigenvalue weighted by atomic mass is 32.2. The molecule has 1 saturated heterocycles. The summed E-state index contributed by atoms with van der Waals surface area (Å²) in [6.07, 6.45) is 0.175. The number of morpholine rings is 1. The SMILES string of the molecule is C[C@@H]1CN(Cn2nc(-c3cccc(S(=O)(=O)N(C)C)c3)n(-c3ccc(F)cc3)c2=S)C[C@H](C)O1. The summed E-state index contributed by atoms with van der Waals surface area (Å²) in [5.74, 6) is 0.112. The Balaban J connectivity index is 1.83. The summed E-state index contributed by atoms with van der Waals surface area (Å²) in [6, 6.07) is 12.6. The van der Waals surface area contributed by atoms with Gasteiger partial charge in [-0.3, -0.25) is 9.47 Å². The first kappa shape index (κ1) is 24.7. The van der Waals surface area contributed by atoms with Crippen LogP contribution in [0.25, 0.3) is 17.1 Å². The minimum Gasteiger partial charge on any atom is -0.373 e. The normalized spacial score (nSPS) is 19.6. The maximum atomic E-state index is 13.6. The smallest absolute Gasteiger partial charge is 0.242 e. The molecule has 1 fully saturated rings. The van der Waals surface area contributed by atoms with Crippen molar-refractivity contribution < 1.29 is 17.5 Å². The minimum atomic E-state index is -3.64. The molecule has 1 aromatic heterocycles. The van der Waals surface area contributed by atoms with Gasteiger partial charge in [-0.2, -0.15) is 0 Å². The molecule has 1 aliphatic rings. The lowest BCUT2D eigenvalue weighted by Gasteiger charge is -2.34. The monoisotopic (exact) mass is 505 g/mol. The Morgan fingerprint density at radius 1 is 1.12 bits per heavy atom. The predicted octanol–water partition coefficient (Wildman–Crippen LogP) is 3.53. The number of nitrogens with zero attached hydrogens (tertiary/aromatic N) is 5. The lowest BCUT2D eigenvalue weighted by molar-refractivity contribution is -0.0777. The molecule has 0 radical (unpaired) electrons. The Labute approximate surface area is 204 Å². The van der Waals surface area contributed by atoms with E-state index >= 15 is 0 Å². The number of hydrogen-bond acceptors (Lipinski definition) is 6. The number of hydrogen-bond donors (Lipinski definition) is 0. The molecule has 8 nitrogen and oxygen atoms in total. The van der Waals surface area contributed by atoms with Gasteiger partial charge in [-0.1, -0.05) is 12.1 Å². The van der Waals surface area contributed by atoms with Gasteiger partial charge in [-0.15, -0.1) is 5.10 Å². The van der Waals surface area contributed by atoms with E-state index < -0.39 is 10.0 Å². The van der Waals surface area contributed by atoms with E-state index in [0.717, 1.165) is 17.4 Å². The van der Waals surface area contributed by atoms with Crippen LogP contribution in [0, 0.1) is 10.6 Å². The fourth-order valence-corrected chi connectivity index (χ4v) is 5.34. The van der Waals surface area contributed by atoms with E-state index in [1.807, 2.05) is 13.8 Å². The van der Waals surface area contributed by atoms with Crippen LogP contribution in [-0.4, -0.2) is 71.4 Å². The van der Waals surface area contributed by atoms with E-state index in [-0.39, 0.29) is 22.9 Å². The van der Waals surface area contributed by atoms with Crippen LogP contribution in [0.2, 0.25) is 0 Å². The van der Waals surface area contributed by atoms with Gasteiger partial charge in [0, 0.05) is 32.7 Å². The van der Waals surface area contributed by atoms with Crippen molar-refractivity contribution in [1.82, 2.24) is 23.6 Å². The van der Waals surface area contributed by atoms with Crippen LogP contribution in [0.1, 0.15) is 13.8 Å². The van der Waals surface area contributed by atoms with Crippen molar-refractivity contribution in [2.24, 2.45) is 0 Å². The number of ether oxygens (including phenoxy) is 1. The molecular formula is C23H28FN5O3S2. The zero-order valence-electron chi connectivity index (χ0n) is 19.6. The van der Waals surface area contributed by atoms with Gasteiger partial charge in [-0.05, 0) is 62.5 Å². The molecule has 11 heteroatoms. The van der Waals surface area contributed by atoms with Crippen molar-refractivity contribution >= 4 is 22.2 Å². The lowest BCUT2D eigenvalue weighted by Crippen LogP contribution is -2.46. The van der Waals surface area contributed by atoms with Crippen LogP contribution in [0.3, 0.4) is 0 Å². The van der Waals surface area contributed by atoms with Gasteiger partial charge in [0.05, 0.1) is 29.5 Å². The first-order chi connectivity index (χ1) is 16.1. The average Bonchev–Trinajstić information content (AvgIpc) is 3.09. The molecule has 0 spiro atoms. The van der Waals surface area contributed by atoms with Gasteiger partial charge >= 0.3 is 0 Å². The lowest BCUT2D eigenvalue weighted by atomic mass is 10.2. The number of halogens is 1. The number of sulfonamides is 1. The zero-order chi connectivity index (χ0) is 24.6. The molecule has 0 bridgehead atoms. The summed E-state index contributed by atoms with van der Waals surface area (Å²) >= 11 is 5.79. The quantitative estimate of drug-likeness (QED) is 0.478. The largest absolute Gasteiger partial charge is 0.373 e. The van der Waals surface area contributed by atoms with E-state index in [9.17, 15) is 12.8 Å². The predicted molar refractivity (Wildman–Crippen MR) is 130 cm³/mol. The van der Waals surface area contributed by atoms with E-state index in [2.05, 4.69) is 4.90 Å². The van der Waals surface area contributed by atoms with Crippen molar-refractivity contribution in [2.75, 3.05) is 27.2 Å². The number of benzene rings is 2. The molecule has 4 rings (SSSR count). The highest BCUT2D eigenvalue weighted by Crippen LogP contribution is 2.26. The Morgan fingerprint density at radius 3 is 2.38 bits per heavy atom. The minimum absolute atomic E-state index is 0.0875. The summed E-state index contributed by atoms with van der Waals surface area (Å²) < 4.78 is 49.9. The fourth-order valence-electron chi connectivity index (χ4n) is 4.11. The van der Waals surface area contributed by atoms with E-state index in [1.165, 1.54) is 26.2 Å². The molecule has 3 aromatic rings. The molecule has 182 valence electrons. The second-order valence-corrected chi connectivity index (χ2v) is 11.2. The third-order valence-corrected chi connectivity index (χ3v) is 7.83. The Bertz CT molecular complexity index is 1330. The van der Waals surface area contributed by atoms with Crippen molar-refractivity contribution in [2.45, 2.75) is 37.6 Å². The third kappa shape index (κ3) is 4.98. The maximum Gasteiger partial charge on any atom is 0.242 e. The highest BCUT2D eigenvalue weighted by molar-refractivity contribution is 7.89. The molecule has 2 heterocycles. The summed E-state index contributed by atoms with van der Waals surface area (Å²) in [7, 11) is -0.663. The molecule has 0 N–H and O–H groups in total. The first-order valence-electron chi connectivity index (χ1n) is 10.9. The molecular weight excluding hydrogens is 477 g/mol. The second-order valence-electron chi connectivity index (χ2n) is 8.67. The highest BCUT2D eigenvalue weighted by Gasteiger charge is 2.25. The standard InChI is InChI=1S/C23H28FN5O3S2/c1-16-13-27(14-17(2)32-16)15-28-23(33)29(20-10-8-19(24)9-11-20)22(25-28)18-6-5-7-21(12-18)34(30,31)26(3)4/h5-12,16-17H,13-15H2,1-4H3/t16-,17+. The Hall–Kier alpha value is -2.44. The summed E-state index contributed by atoms with van der Waals surface area (Å²) in [5.41, 5.74) is 1.22. The van der Waals surface area contributed by atoms with Gasteiger partial charge < -0.3 is 4.74 Å². The molecule has 0 unspecified atom stereocenters. The van der Waals surface area contributed by atoms with E-state index in [4.69, 9.17) is 22.1 Å². The van der Waals surface area contributed by atoms with Gasteiger partial charge in [0.25, 0.3) is 0 Å². The summed E-state index contributed by atoms with van der Waals surface area (Å²) in [5, 5.41) is 4.78. The molecule has 1 aliphatic heterocycles. The van der Waals surface area contributed by atoms with Gasteiger partial charge in [-0.25, -0.2) is 21.8 Å². The summed E-state index contributed by atoms with van der Waals surface area (Å²) in [4.78, 5) is 2.37. The van der Waals surface area contributed by atoms with Crippen molar-refractivity contribution in [1.29, 1.82) is 0 Å². The van der Waals surface area contributed by atoms with Gasteiger partial charge in [0.2, 0.25) is 14.8 Å². The molecule has 0 amide bonds. The van der Waals surface area contributed by atoms with E-state index in [0.29, 0.717) is 28.5 Å². The van der Waals surface area contributed by atoms with Gasteiger partial charge in [0.1, 0.15) is 5.82 Å². The van der Waals surface area contributed by atoms with E-state index in [1.54, 1.807) is 45.6 Å². The number of rotatable bonds is 6. The molecule has 2 atom stereocenters. The topological polar surface area (TPSA) is 72.6 Å². The van der Waals surface area contributed by atoms with Crippen LogP contribution in [0.15, 0.2) is 53.4 Å². The van der Waals surface area contributed by atoms with Gasteiger partial charge in [0.15, 0.2) is 5.82 Å². The molecule has 2 aromatic carbocycles. The summed E-state index contributed by atoms with van der Waals surface area (Å²) in [6.45, 7) is 5.99. The average molecular weight is 506 g/mol. The number of aromatic nitrogens is 3. The Morgan fingerprint density at radius 2 is 1.76 bits per heavy atom.